The van der Waals surface area contributed by atoms with Crippen LogP contribution in [0.4, 0.5) is 0 Å². The van der Waals surface area contributed by atoms with Crippen LogP contribution < -0.4 is 5.32 Å². The first-order valence-electron chi connectivity index (χ1n) is 9.18. The number of benzene rings is 1. The number of aromatic amines is 1. The second-order valence-corrected chi connectivity index (χ2v) is 6.53. The Bertz CT molecular complexity index is 660. The number of guanidine groups is 1. The highest BCUT2D eigenvalue weighted by Gasteiger charge is 2.24. The third-order valence-electron chi connectivity index (χ3n) is 4.95. The summed E-state index contributed by atoms with van der Waals surface area (Å²) in [7, 11) is 1.86. The van der Waals surface area contributed by atoms with E-state index in [2.05, 4.69) is 61.6 Å². The van der Waals surface area contributed by atoms with Crippen molar-refractivity contribution in [3.63, 3.8) is 0 Å². The molecule has 1 aliphatic heterocycles. The number of aromatic nitrogens is 3. The number of halogens is 1. The molecule has 0 unspecified atom stereocenters. The molecular formula is C19H29IN6. The minimum Gasteiger partial charge on any atom is -0.356 e. The molecule has 0 saturated carbocycles. The molecule has 0 spiro atoms. The standard InChI is InChI=1S/C19H28N6.HI/c1-3-15-4-6-16(7-5-15)8-11-21-19(20-2)25-12-9-17(10-13-25)18-22-14-23-24-18;/h4-7,14,17H,3,8-13H2,1-2H3,(H,20,21)(H,22,23,24);1H. The van der Waals surface area contributed by atoms with Gasteiger partial charge in [-0.25, -0.2) is 4.98 Å². The van der Waals surface area contributed by atoms with Crippen LogP contribution in [0.25, 0.3) is 0 Å². The first-order chi connectivity index (χ1) is 12.3. The van der Waals surface area contributed by atoms with Crippen molar-refractivity contribution in [2.45, 2.75) is 38.5 Å². The van der Waals surface area contributed by atoms with E-state index in [9.17, 15) is 0 Å². The average molecular weight is 468 g/mol. The quantitative estimate of drug-likeness (QED) is 0.402. The molecule has 0 atom stereocenters. The molecular weight excluding hydrogens is 439 g/mol. The summed E-state index contributed by atoms with van der Waals surface area (Å²) >= 11 is 0. The fourth-order valence-corrected chi connectivity index (χ4v) is 3.37. The maximum atomic E-state index is 4.45. The van der Waals surface area contributed by atoms with Gasteiger partial charge < -0.3 is 10.2 Å². The molecule has 7 heteroatoms. The van der Waals surface area contributed by atoms with E-state index < -0.39 is 0 Å². The third-order valence-corrected chi connectivity index (χ3v) is 4.95. The molecule has 2 heterocycles. The van der Waals surface area contributed by atoms with E-state index in [1.165, 1.54) is 11.1 Å². The van der Waals surface area contributed by atoms with Gasteiger partial charge >= 0.3 is 0 Å². The lowest BCUT2D eigenvalue weighted by Crippen LogP contribution is -2.45. The fourth-order valence-electron chi connectivity index (χ4n) is 3.37. The number of hydrogen-bond donors (Lipinski definition) is 2. The normalized spacial score (nSPS) is 15.6. The van der Waals surface area contributed by atoms with Crippen LogP contribution >= 0.6 is 24.0 Å². The van der Waals surface area contributed by atoms with E-state index in [1.807, 2.05) is 7.05 Å². The van der Waals surface area contributed by atoms with Crippen LogP contribution in [0.1, 0.15) is 42.6 Å². The number of rotatable bonds is 5. The number of hydrogen-bond acceptors (Lipinski definition) is 3. The summed E-state index contributed by atoms with van der Waals surface area (Å²) in [5, 5.41) is 10.5. The Kier molecular flexibility index (Phi) is 8.34. The minimum absolute atomic E-state index is 0. The number of nitrogens with zero attached hydrogens (tertiary/aromatic N) is 4. The highest BCUT2D eigenvalue weighted by atomic mass is 127. The lowest BCUT2D eigenvalue weighted by molar-refractivity contribution is 0.299. The number of aryl methyl sites for hydroxylation is 1. The highest BCUT2D eigenvalue weighted by molar-refractivity contribution is 14.0. The highest BCUT2D eigenvalue weighted by Crippen LogP contribution is 2.24. The molecule has 2 aromatic rings. The molecule has 2 N–H and O–H groups in total. The molecule has 26 heavy (non-hydrogen) atoms. The van der Waals surface area contributed by atoms with Crippen LogP contribution in [0.2, 0.25) is 0 Å². The second kappa shape index (κ2) is 10.5. The summed E-state index contributed by atoms with van der Waals surface area (Å²) in [5.74, 6) is 2.49. The van der Waals surface area contributed by atoms with E-state index >= 15 is 0 Å². The van der Waals surface area contributed by atoms with Gasteiger partial charge in [0.1, 0.15) is 12.2 Å². The smallest absolute Gasteiger partial charge is 0.193 e. The maximum absolute atomic E-state index is 4.45. The van der Waals surface area contributed by atoms with E-state index in [-0.39, 0.29) is 24.0 Å². The SMILES string of the molecule is CCc1ccc(CCNC(=NC)N2CCC(c3ncn[nH]3)CC2)cc1.I. The summed E-state index contributed by atoms with van der Waals surface area (Å²) in [6.45, 7) is 5.08. The summed E-state index contributed by atoms with van der Waals surface area (Å²) in [6, 6.07) is 8.90. The molecule has 142 valence electrons. The number of H-pyrrole nitrogens is 1. The van der Waals surface area contributed by atoms with Crippen molar-refractivity contribution in [1.82, 2.24) is 25.4 Å². The molecule has 6 nitrogen and oxygen atoms in total. The zero-order valence-electron chi connectivity index (χ0n) is 15.6. The Morgan fingerprint density at radius 2 is 1.92 bits per heavy atom. The van der Waals surface area contributed by atoms with E-state index in [0.29, 0.717) is 5.92 Å². The van der Waals surface area contributed by atoms with Crippen molar-refractivity contribution in [3.05, 3.63) is 47.5 Å². The van der Waals surface area contributed by atoms with Gasteiger partial charge in [-0.05, 0) is 36.8 Å². The molecule has 1 aromatic carbocycles. The van der Waals surface area contributed by atoms with Gasteiger partial charge in [0.15, 0.2) is 5.96 Å². The Balaban J connectivity index is 0.00000243. The van der Waals surface area contributed by atoms with Gasteiger partial charge in [0.2, 0.25) is 0 Å². The Morgan fingerprint density at radius 3 is 2.50 bits per heavy atom. The molecule has 0 aliphatic carbocycles. The first kappa shape index (κ1) is 20.7. The van der Waals surface area contributed by atoms with Gasteiger partial charge in [0.05, 0.1) is 0 Å². The Labute approximate surface area is 172 Å². The van der Waals surface area contributed by atoms with Crippen molar-refractivity contribution >= 4 is 29.9 Å². The van der Waals surface area contributed by atoms with Gasteiger partial charge in [-0.3, -0.25) is 10.1 Å². The molecule has 3 rings (SSSR count). The van der Waals surface area contributed by atoms with Crippen molar-refractivity contribution in [2.24, 2.45) is 4.99 Å². The monoisotopic (exact) mass is 468 g/mol. The zero-order chi connectivity index (χ0) is 17.5. The lowest BCUT2D eigenvalue weighted by Gasteiger charge is -2.33. The molecule has 0 amide bonds. The van der Waals surface area contributed by atoms with Crippen molar-refractivity contribution in [3.8, 4) is 0 Å². The van der Waals surface area contributed by atoms with Crippen molar-refractivity contribution < 1.29 is 0 Å². The van der Waals surface area contributed by atoms with Gasteiger partial charge in [0.25, 0.3) is 0 Å². The molecule has 1 fully saturated rings. The summed E-state index contributed by atoms with van der Waals surface area (Å²) in [4.78, 5) is 11.1. The summed E-state index contributed by atoms with van der Waals surface area (Å²) in [5.41, 5.74) is 2.76. The molecule has 0 bridgehead atoms. The van der Waals surface area contributed by atoms with Gasteiger partial charge in [-0.15, -0.1) is 24.0 Å². The minimum atomic E-state index is 0. The topological polar surface area (TPSA) is 69.2 Å². The van der Waals surface area contributed by atoms with E-state index in [4.69, 9.17) is 0 Å². The summed E-state index contributed by atoms with van der Waals surface area (Å²) < 4.78 is 0. The Morgan fingerprint density at radius 1 is 1.23 bits per heavy atom. The molecule has 1 aromatic heterocycles. The van der Waals surface area contributed by atoms with Crippen LogP contribution in [0.3, 0.4) is 0 Å². The summed E-state index contributed by atoms with van der Waals surface area (Å²) in [6.07, 6.45) is 5.85. The van der Waals surface area contributed by atoms with E-state index in [1.54, 1.807) is 6.33 Å². The zero-order valence-corrected chi connectivity index (χ0v) is 17.9. The van der Waals surface area contributed by atoms with Crippen molar-refractivity contribution in [2.75, 3.05) is 26.7 Å². The predicted molar refractivity (Wildman–Crippen MR) is 116 cm³/mol. The average Bonchev–Trinajstić information content (AvgIpc) is 3.21. The third kappa shape index (κ3) is 5.43. The van der Waals surface area contributed by atoms with Crippen LogP contribution in [-0.2, 0) is 12.8 Å². The van der Waals surface area contributed by atoms with Crippen LogP contribution in [0.15, 0.2) is 35.6 Å². The number of nitrogens with one attached hydrogen (secondary N) is 2. The molecule has 1 aliphatic rings. The molecule has 0 radical (unpaired) electrons. The second-order valence-electron chi connectivity index (χ2n) is 6.53. The largest absolute Gasteiger partial charge is 0.356 e. The maximum Gasteiger partial charge on any atom is 0.193 e. The first-order valence-corrected chi connectivity index (χ1v) is 9.18. The number of piperidine rings is 1. The predicted octanol–water partition coefficient (Wildman–Crippen LogP) is 2.98. The van der Waals surface area contributed by atoms with Gasteiger partial charge in [-0.2, -0.15) is 5.10 Å². The van der Waals surface area contributed by atoms with Gasteiger partial charge in [-0.1, -0.05) is 31.2 Å². The lowest BCUT2D eigenvalue weighted by atomic mass is 9.96. The fraction of sp³-hybridized carbons (Fsp3) is 0.526. The molecule has 1 saturated heterocycles. The van der Waals surface area contributed by atoms with Crippen LogP contribution in [0, 0.1) is 0 Å². The number of aliphatic imine (C=N–C) groups is 1. The number of likely N-dealkylation sites (tertiary alicyclic amines) is 1. The van der Waals surface area contributed by atoms with Crippen molar-refractivity contribution in [1.29, 1.82) is 0 Å². The van der Waals surface area contributed by atoms with E-state index in [0.717, 1.165) is 57.1 Å². The van der Waals surface area contributed by atoms with Crippen LogP contribution in [-0.4, -0.2) is 52.7 Å². The van der Waals surface area contributed by atoms with Crippen LogP contribution in [0.5, 0.6) is 0 Å². The van der Waals surface area contributed by atoms with Gasteiger partial charge in [0, 0.05) is 32.6 Å². The Hall–Kier alpha value is -1.64.